The highest BCUT2D eigenvalue weighted by Gasteiger charge is 2.26. The number of hydrogen-bond donors (Lipinski definition) is 1. The fraction of sp³-hybridized carbons (Fsp3) is 0.250. The van der Waals surface area contributed by atoms with Crippen LogP contribution in [0.5, 0.6) is 0 Å². The molecule has 1 aliphatic heterocycles. The second kappa shape index (κ2) is 8.51. The molecular weight excluding hydrogens is 378 g/mol. The highest BCUT2D eigenvalue weighted by Crippen LogP contribution is 2.29. The van der Waals surface area contributed by atoms with Crippen molar-refractivity contribution in [2.75, 3.05) is 23.4 Å². The summed E-state index contributed by atoms with van der Waals surface area (Å²) in [6, 6.07) is 11.1. The van der Waals surface area contributed by atoms with Crippen LogP contribution in [0.4, 0.5) is 17.1 Å². The lowest BCUT2D eigenvalue weighted by Crippen LogP contribution is -2.27. The van der Waals surface area contributed by atoms with Gasteiger partial charge in [-0.05, 0) is 31.5 Å². The van der Waals surface area contributed by atoms with E-state index in [0.29, 0.717) is 29.9 Å². The molecule has 0 radical (unpaired) electrons. The molecule has 0 aromatic heterocycles. The van der Waals surface area contributed by atoms with Gasteiger partial charge in [0.15, 0.2) is 6.61 Å². The Kier molecular flexibility index (Phi) is 5.87. The normalized spacial score (nSPS) is 13.3. The van der Waals surface area contributed by atoms with E-state index in [1.807, 2.05) is 0 Å². The number of esters is 1. The van der Waals surface area contributed by atoms with E-state index in [-0.39, 0.29) is 17.2 Å². The highest BCUT2D eigenvalue weighted by molar-refractivity contribution is 6.03. The largest absolute Gasteiger partial charge is 0.452 e. The second-order valence-electron chi connectivity index (χ2n) is 6.52. The summed E-state index contributed by atoms with van der Waals surface area (Å²) >= 11 is 0. The molecule has 0 unspecified atom stereocenters. The Morgan fingerprint density at radius 3 is 2.66 bits per heavy atom. The number of ether oxygens (including phenoxy) is 1. The zero-order valence-corrected chi connectivity index (χ0v) is 15.7. The lowest BCUT2D eigenvalue weighted by atomic mass is 10.1. The third kappa shape index (κ3) is 4.40. The van der Waals surface area contributed by atoms with Gasteiger partial charge in [0.2, 0.25) is 5.91 Å². The molecule has 9 nitrogen and oxygen atoms in total. The van der Waals surface area contributed by atoms with Crippen LogP contribution in [-0.4, -0.2) is 35.9 Å². The Morgan fingerprint density at radius 1 is 1.21 bits per heavy atom. The van der Waals surface area contributed by atoms with Crippen molar-refractivity contribution >= 4 is 34.8 Å². The van der Waals surface area contributed by atoms with Gasteiger partial charge < -0.3 is 15.0 Å². The Balaban J connectivity index is 1.67. The molecule has 1 heterocycles. The number of nitro benzene ring substituents is 1. The number of hydrogen-bond acceptors (Lipinski definition) is 6. The number of rotatable bonds is 6. The molecule has 2 aromatic carbocycles. The van der Waals surface area contributed by atoms with Gasteiger partial charge in [-0.1, -0.05) is 24.3 Å². The van der Waals surface area contributed by atoms with Gasteiger partial charge in [0.25, 0.3) is 11.6 Å². The monoisotopic (exact) mass is 397 g/mol. The number of amides is 2. The highest BCUT2D eigenvalue weighted by atomic mass is 16.6. The van der Waals surface area contributed by atoms with Crippen LogP contribution in [0.1, 0.15) is 28.8 Å². The summed E-state index contributed by atoms with van der Waals surface area (Å²) < 4.78 is 4.96. The molecule has 0 bridgehead atoms. The average molecular weight is 397 g/mol. The molecule has 1 N–H and O–H groups in total. The molecule has 2 aromatic rings. The molecule has 150 valence electrons. The van der Waals surface area contributed by atoms with Gasteiger partial charge in [-0.2, -0.15) is 0 Å². The molecule has 0 atom stereocenters. The number of para-hydroxylation sites is 3. The standard InChI is InChI=1S/C20H19N3O6/c1-13-6-4-7-14(19(13)23(27)28)20(26)29-12-17(24)21-15-8-2-3-9-16(15)22-11-5-10-18(22)25/h2-4,6-9H,5,10-12H2,1H3,(H,21,24). The molecule has 3 rings (SSSR count). The number of aryl methyl sites for hydroxylation is 1. The van der Waals surface area contributed by atoms with Crippen LogP contribution in [0, 0.1) is 17.0 Å². The molecule has 0 saturated carbocycles. The molecule has 0 aliphatic carbocycles. The maximum atomic E-state index is 12.3. The van der Waals surface area contributed by atoms with E-state index in [2.05, 4.69) is 5.32 Å². The summed E-state index contributed by atoms with van der Waals surface area (Å²) in [7, 11) is 0. The third-order valence-corrected chi connectivity index (χ3v) is 4.52. The number of anilines is 2. The van der Waals surface area contributed by atoms with Crippen LogP contribution in [0.15, 0.2) is 42.5 Å². The summed E-state index contributed by atoms with van der Waals surface area (Å²) in [5.41, 5.74) is 0.745. The van der Waals surface area contributed by atoms with Crippen molar-refractivity contribution < 1.29 is 24.0 Å². The molecule has 0 spiro atoms. The number of benzene rings is 2. The molecule has 1 aliphatic rings. The Morgan fingerprint density at radius 2 is 1.97 bits per heavy atom. The van der Waals surface area contributed by atoms with Crippen molar-refractivity contribution in [3.8, 4) is 0 Å². The van der Waals surface area contributed by atoms with Gasteiger partial charge in [-0.15, -0.1) is 0 Å². The first kappa shape index (κ1) is 20.0. The van der Waals surface area contributed by atoms with Crippen molar-refractivity contribution in [3.05, 3.63) is 63.7 Å². The van der Waals surface area contributed by atoms with E-state index < -0.39 is 23.4 Å². The van der Waals surface area contributed by atoms with E-state index in [4.69, 9.17) is 4.74 Å². The van der Waals surface area contributed by atoms with E-state index in [9.17, 15) is 24.5 Å². The van der Waals surface area contributed by atoms with E-state index in [1.54, 1.807) is 29.2 Å². The predicted molar refractivity (Wildman–Crippen MR) is 105 cm³/mol. The summed E-state index contributed by atoms with van der Waals surface area (Å²) in [5, 5.41) is 13.8. The fourth-order valence-electron chi connectivity index (χ4n) is 3.18. The Labute approximate surface area is 166 Å². The minimum atomic E-state index is -0.960. The summed E-state index contributed by atoms with van der Waals surface area (Å²) in [6.45, 7) is 1.46. The zero-order valence-electron chi connectivity index (χ0n) is 15.7. The molecule has 1 fully saturated rings. The first-order chi connectivity index (χ1) is 13.9. The molecular formula is C20H19N3O6. The van der Waals surface area contributed by atoms with Crippen molar-refractivity contribution in [2.24, 2.45) is 0 Å². The van der Waals surface area contributed by atoms with E-state index >= 15 is 0 Å². The molecule has 2 amide bonds. The van der Waals surface area contributed by atoms with Gasteiger partial charge in [0.1, 0.15) is 5.56 Å². The van der Waals surface area contributed by atoms with Crippen LogP contribution in [0.2, 0.25) is 0 Å². The fourth-order valence-corrected chi connectivity index (χ4v) is 3.18. The summed E-state index contributed by atoms with van der Waals surface area (Å²) in [6.07, 6.45) is 1.20. The molecule has 1 saturated heterocycles. The average Bonchev–Trinajstić information content (AvgIpc) is 3.11. The first-order valence-corrected chi connectivity index (χ1v) is 8.99. The number of carbonyl (C=O) groups excluding carboxylic acids is 3. The smallest absolute Gasteiger partial charge is 0.345 e. The maximum absolute atomic E-state index is 12.3. The van der Waals surface area contributed by atoms with Crippen LogP contribution >= 0.6 is 0 Å². The van der Waals surface area contributed by atoms with Crippen LogP contribution < -0.4 is 10.2 Å². The van der Waals surface area contributed by atoms with Gasteiger partial charge in [0.05, 0.1) is 16.3 Å². The third-order valence-electron chi connectivity index (χ3n) is 4.52. The van der Waals surface area contributed by atoms with E-state index in [0.717, 1.165) is 6.42 Å². The lowest BCUT2D eigenvalue weighted by molar-refractivity contribution is -0.385. The minimum absolute atomic E-state index is 0.0233. The van der Waals surface area contributed by atoms with Crippen molar-refractivity contribution in [3.63, 3.8) is 0 Å². The minimum Gasteiger partial charge on any atom is -0.452 e. The SMILES string of the molecule is Cc1cccc(C(=O)OCC(=O)Nc2ccccc2N2CCCC2=O)c1[N+](=O)[O-]. The first-order valence-electron chi connectivity index (χ1n) is 8.99. The van der Waals surface area contributed by atoms with Crippen molar-refractivity contribution in [1.82, 2.24) is 0 Å². The second-order valence-corrected chi connectivity index (χ2v) is 6.52. The Bertz CT molecular complexity index is 988. The number of nitro groups is 1. The topological polar surface area (TPSA) is 119 Å². The predicted octanol–water partition coefficient (Wildman–Crippen LogP) is 2.83. The maximum Gasteiger partial charge on any atom is 0.345 e. The molecule has 29 heavy (non-hydrogen) atoms. The van der Waals surface area contributed by atoms with Gasteiger partial charge in [-0.25, -0.2) is 4.79 Å². The van der Waals surface area contributed by atoms with Crippen molar-refractivity contribution in [2.45, 2.75) is 19.8 Å². The van der Waals surface area contributed by atoms with Gasteiger partial charge >= 0.3 is 5.97 Å². The quantitative estimate of drug-likeness (QED) is 0.455. The van der Waals surface area contributed by atoms with Crippen LogP contribution in [0.3, 0.4) is 0 Å². The number of nitrogens with zero attached hydrogens (tertiary/aromatic N) is 2. The van der Waals surface area contributed by atoms with Crippen LogP contribution in [0.25, 0.3) is 0 Å². The summed E-state index contributed by atoms with van der Waals surface area (Å²) in [5.74, 6) is -1.60. The van der Waals surface area contributed by atoms with Gasteiger partial charge in [0, 0.05) is 18.5 Å². The Hall–Kier alpha value is -3.75. The van der Waals surface area contributed by atoms with Crippen LogP contribution in [-0.2, 0) is 14.3 Å². The summed E-state index contributed by atoms with van der Waals surface area (Å²) in [4.78, 5) is 48.6. The van der Waals surface area contributed by atoms with E-state index in [1.165, 1.54) is 25.1 Å². The number of nitrogens with one attached hydrogen (secondary N) is 1. The lowest BCUT2D eigenvalue weighted by Gasteiger charge is -2.19. The number of carbonyl (C=O) groups is 3. The molecule has 9 heteroatoms. The van der Waals surface area contributed by atoms with Gasteiger partial charge in [-0.3, -0.25) is 19.7 Å². The van der Waals surface area contributed by atoms with Crippen molar-refractivity contribution in [1.29, 1.82) is 0 Å². The zero-order chi connectivity index (χ0) is 21.0.